The van der Waals surface area contributed by atoms with Gasteiger partial charge in [-0.2, -0.15) is 0 Å². The smallest absolute Gasteiger partial charge is 0.317 e. The standard InChI is InChI=1S/C10H9BO5/c12-7-3-1-5-6(10(15)16-9(5)14)2-4(3)8(13)11-7/h3-6,11H,1-2H2. The lowest BCUT2D eigenvalue weighted by Gasteiger charge is -2.29. The second kappa shape index (κ2) is 3.03. The molecular formula is C10H9BO5. The van der Waals surface area contributed by atoms with Crippen LogP contribution in [0.25, 0.3) is 0 Å². The first kappa shape index (κ1) is 9.75. The van der Waals surface area contributed by atoms with Crippen LogP contribution in [0.4, 0.5) is 0 Å². The molecule has 82 valence electrons. The second-order valence-corrected chi connectivity index (χ2v) is 4.75. The van der Waals surface area contributed by atoms with Crippen molar-refractivity contribution in [2.24, 2.45) is 23.7 Å². The Labute approximate surface area is 91.8 Å². The third-order valence-electron chi connectivity index (χ3n) is 3.97. The molecule has 2 heterocycles. The molecule has 3 rings (SSSR count). The first-order valence-electron chi connectivity index (χ1n) is 5.39. The van der Waals surface area contributed by atoms with Crippen LogP contribution < -0.4 is 0 Å². The molecule has 3 fully saturated rings. The normalized spacial score (nSPS) is 41.5. The van der Waals surface area contributed by atoms with Crippen molar-refractivity contribution >= 4 is 30.6 Å². The van der Waals surface area contributed by atoms with E-state index in [1.807, 2.05) is 0 Å². The Hall–Kier alpha value is -1.46. The van der Waals surface area contributed by atoms with Gasteiger partial charge in [0.05, 0.1) is 11.8 Å². The SMILES string of the molecule is O=C1BC(=O)C2CC3C(=O)OC(=O)C3CC12. The van der Waals surface area contributed by atoms with E-state index >= 15 is 0 Å². The fourth-order valence-corrected chi connectivity index (χ4v) is 3.12. The van der Waals surface area contributed by atoms with Gasteiger partial charge in [-0.25, -0.2) is 0 Å². The van der Waals surface area contributed by atoms with Gasteiger partial charge in [0.2, 0.25) is 0 Å². The zero-order valence-corrected chi connectivity index (χ0v) is 8.47. The van der Waals surface area contributed by atoms with Gasteiger partial charge in [0.15, 0.2) is 0 Å². The summed E-state index contributed by atoms with van der Waals surface area (Å²) < 4.78 is 4.54. The van der Waals surface area contributed by atoms with E-state index in [2.05, 4.69) is 4.74 Å². The average molecular weight is 220 g/mol. The lowest BCUT2D eigenvalue weighted by Crippen LogP contribution is -2.35. The molecule has 0 spiro atoms. The first-order chi connectivity index (χ1) is 7.58. The van der Waals surface area contributed by atoms with Gasteiger partial charge in [0, 0.05) is 11.8 Å². The highest BCUT2D eigenvalue weighted by molar-refractivity contribution is 7.00. The summed E-state index contributed by atoms with van der Waals surface area (Å²) in [6.07, 6.45) is 0.620. The maximum Gasteiger partial charge on any atom is 0.317 e. The molecule has 6 heteroatoms. The maximum atomic E-state index is 11.5. The summed E-state index contributed by atoms with van der Waals surface area (Å²) in [5, 5.41) is 0. The molecule has 0 aromatic rings. The Kier molecular flexibility index (Phi) is 1.84. The molecular weight excluding hydrogens is 211 g/mol. The molecule has 1 aliphatic carbocycles. The van der Waals surface area contributed by atoms with Crippen molar-refractivity contribution in [3.05, 3.63) is 0 Å². The Morgan fingerprint density at radius 3 is 1.69 bits per heavy atom. The third kappa shape index (κ3) is 1.13. The molecule has 4 atom stereocenters. The van der Waals surface area contributed by atoms with Gasteiger partial charge >= 0.3 is 11.9 Å². The van der Waals surface area contributed by atoms with Crippen molar-refractivity contribution in [1.29, 1.82) is 0 Å². The van der Waals surface area contributed by atoms with Gasteiger partial charge in [-0.15, -0.1) is 0 Å². The number of ether oxygens (including phenoxy) is 1. The van der Waals surface area contributed by atoms with E-state index in [-0.39, 0.29) is 30.5 Å². The molecule has 0 N–H and O–H groups in total. The number of esters is 2. The predicted octanol–water partition coefficient (Wildman–Crippen LogP) is -1.17. The highest BCUT2D eigenvalue weighted by atomic mass is 16.6. The number of carbonyl (C=O) groups is 4. The number of hydrogen-bond acceptors (Lipinski definition) is 5. The van der Waals surface area contributed by atoms with Gasteiger partial charge in [-0.1, -0.05) is 0 Å². The average Bonchev–Trinajstić information content (AvgIpc) is 2.67. The van der Waals surface area contributed by atoms with Crippen molar-refractivity contribution < 1.29 is 23.9 Å². The van der Waals surface area contributed by atoms with Gasteiger partial charge in [0.25, 0.3) is 7.28 Å². The summed E-state index contributed by atoms with van der Waals surface area (Å²) in [6, 6.07) is 0. The molecule has 2 aliphatic heterocycles. The number of cyclic esters (lactones) is 2. The van der Waals surface area contributed by atoms with Gasteiger partial charge in [-0.3, -0.25) is 9.59 Å². The topological polar surface area (TPSA) is 77.5 Å². The molecule has 0 amide bonds. The second-order valence-electron chi connectivity index (χ2n) is 4.75. The van der Waals surface area contributed by atoms with Gasteiger partial charge in [0.1, 0.15) is 11.4 Å². The van der Waals surface area contributed by atoms with Crippen molar-refractivity contribution in [1.82, 2.24) is 0 Å². The zero-order chi connectivity index (χ0) is 11.4. The lowest BCUT2D eigenvalue weighted by atomic mass is 9.70. The van der Waals surface area contributed by atoms with Crippen molar-refractivity contribution in [3.63, 3.8) is 0 Å². The van der Waals surface area contributed by atoms with E-state index in [9.17, 15) is 19.2 Å². The molecule has 1 saturated carbocycles. The van der Waals surface area contributed by atoms with Gasteiger partial charge < -0.3 is 14.3 Å². The van der Waals surface area contributed by atoms with E-state index in [0.29, 0.717) is 12.8 Å². The Morgan fingerprint density at radius 1 is 0.812 bits per heavy atom. The van der Waals surface area contributed by atoms with Crippen LogP contribution in [0.2, 0.25) is 0 Å². The summed E-state index contributed by atoms with van der Waals surface area (Å²) in [5.74, 6) is -2.76. The highest BCUT2D eigenvalue weighted by Crippen LogP contribution is 2.45. The molecule has 2 saturated heterocycles. The molecule has 4 unspecified atom stereocenters. The Balaban J connectivity index is 1.92. The fourth-order valence-electron chi connectivity index (χ4n) is 3.12. The van der Waals surface area contributed by atoms with Crippen LogP contribution in [-0.2, 0) is 23.9 Å². The van der Waals surface area contributed by atoms with Crippen molar-refractivity contribution in [2.45, 2.75) is 12.8 Å². The Morgan fingerprint density at radius 2 is 1.25 bits per heavy atom. The van der Waals surface area contributed by atoms with E-state index in [1.165, 1.54) is 0 Å². The predicted molar refractivity (Wildman–Crippen MR) is 51.5 cm³/mol. The van der Waals surface area contributed by atoms with Crippen LogP contribution >= 0.6 is 0 Å². The van der Waals surface area contributed by atoms with Crippen LogP contribution in [0.1, 0.15) is 12.8 Å². The monoisotopic (exact) mass is 220 g/mol. The molecule has 5 nitrogen and oxygen atoms in total. The minimum atomic E-state index is -0.527. The lowest BCUT2D eigenvalue weighted by molar-refractivity contribution is -0.153. The first-order valence-corrected chi connectivity index (χ1v) is 5.39. The van der Waals surface area contributed by atoms with Crippen LogP contribution in [-0.4, -0.2) is 30.6 Å². The number of fused-ring (bicyclic) bond motifs is 2. The van der Waals surface area contributed by atoms with E-state index in [0.717, 1.165) is 0 Å². The Bertz CT molecular complexity index is 353. The summed E-state index contributed by atoms with van der Waals surface area (Å²) in [7, 11) is -0.0298. The quantitative estimate of drug-likeness (QED) is 0.292. The van der Waals surface area contributed by atoms with Crippen LogP contribution in [0.15, 0.2) is 0 Å². The highest BCUT2D eigenvalue weighted by Gasteiger charge is 2.56. The van der Waals surface area contributed by atoms with Crippen LogP contribution in [0.3, 0.4) is 0 Å². The van der Waals surface area contributed by atoms with Crippen LogP contribution in [0, 0.1) is 23.7 Å². The number of hydrogen-bond donors (Lipinski definition) is 0. The molecule has 3 aliphatic rings. The van der Waals surface area contributed by atoms with E-state index in [4.69, 9.17) is 0 Å². The fraction of sp³-hybridized carbons (Fsp3) is 0.600. The summed E-state index contributed by atoms with van der Waals surface area (Å²) in [5.41, 5.74) is -0.166. The van der Waals surface area contributed by atoms with Crippen LogP contribution in [0.5, 0.6) is 0 Å². The van der Waals surface area contributed by atoms with Crippen molar-refractivity contribution in [2.75, 3.05) is 0 Å². The minimum absolute atomic E-state index is 0.0298. The maximum absolute atomic E-state index is 11.5. The van der Waals surface area contributed by atoms with Crippen molar-refractivity contribution in [3.8, 4) is 0 Å². The van der Waals surface area contributed by atoms with E-state index < -0.39 is 23.8 Å². The zero-order valence-electron chi connectivity index (χ0n) is 8.47. The number of carbonyl (C=O) groups excluding carboxylic acids is 4. The molecule has 0 bridgehead atoms. The summed E-state index contributed by atoms with van der Waals surface area (Å²) >= 11 is 0. The molecule has 0 aromatic heterocycles. The number of rotatable bonds is 0. The molecule has 0 aromatic carbocycles. The molecule has 16 heavy (non-hydrogen) atoms. The summed E-state index contributed by atoms with van der Waals surface area (Å²) in [4.78, 5) is 45.8. The minimum Gasteiger partial charge on any atom is -0.393 e. The third-order valence-corrected chi connectivity index (χ3v) is 3.97. The van der Waals surface area contributed by atoms with E-state index in [1.54, 1.807) is 0 Å². The molecule has 0 radical (unpaired) electrons. The van der Waals surface area contributed by atoms with Gasteiger partial charge in [-0.05, 0) is 12.8 Å². The largest absolute Gasteiger partial charge is 0.393 e. The summed E-state index contributed by atoms with van der Waals surface area (Å²) in [6.45, 7) is 0.